The molecule has 0 aliphatic heterocycles. The van der Waals surface area contributed by atoms with E-state index in [1.165, 1.54) is 0 Å². The van der Waals surface area contributed by atoms with Crippen molar-refractivity contribution in [3.63, 3.8) is 0 Å². The maximum Gasteiger partial charge on any atom is 0.391 e. The van der Waals surface area contributed by atoms with E-state index < -0.39 is 12.1 Å². The summed E-state index contributed by atoms with van der Waals surface area (Å²) in [5.41, 5.74) is 0. The fourth-order valence-corrected chi connectivity index (χ4v) is 2.79. The molecule has 1 fully saturated rings. The molecule has 20 heavy (non-hydrogen) atoms. The highest BCUT2D eigenvalue weighted by molar-refractivity contribution is 5.05. The fourth-order valence-electron chi connectivity index (χ4n) is 2.79. The van der Waals surface area contributed by atoms with Crippen molar-refractivity contribution >= 4 is 0 Å². The van der Waals surface area contributed by atoms with Crippen LogP contribution in [0.2, 0.25) is 0 Å². The minimum Gasteiger partial charge on any atom is -0.468 e. The Morgan fingerprint density at radius 1 is 1.45 bits per heavy atom. The molecule has 0 saturated heterocycles. The monoisotopic (exact) mass is 291 g/mol. The third-order valence-corrected chi connectivity index (χ3v) is 3.79. The van der Waals surface area contributed by atoms with Crippen LogP contribution in [0.15, 0.2) is 22.8 Å². The van der Waals surface area contributed by atoms with E-state index in [0.29, 0.717) is 18.8 Å². The number of nitrogens with one attached hydrogen (secondary N) is 1. The summed E-state index contributed by atoms with van der Waals surface area (Å²) < 4.78 is 48.8. The van der Waals surface area contributed by atoms with Gasteiger partial charge < -0.3 is 14.5 Å². The number of halogens is 3. The lowest BCUT2D eigenvalue weighted by molar-refractivity contribution is -0.184. The van der Waals surface area contributed by atoms with Gasteiger partial charge in [0.05, 0.1) is 24.8 Å². The molecule has 2 rings (SSSR count). The molecule has 1 aromatic heterocycles. The van der Waals surface area contributed by atoms with Crippen molar-refractivity contribution < 1.29 is 22.3 Å². The van der Waals surface area contributed by atoms with E-state index in [4.69, 9.17) is 9.15 Å². The van der Waals surface area contributed by atoms with Gasteiger partial charge in [-0.05, 0) is 31.4 Å². The lowest BCUT2D eigenvalue weighted by Crippen LogP contribution is -2.41. The summed E-state index contributed by atoms with van der Waals surface area (Å²) >= 11 is 0. The van der Waals surface area contributed by atoms with Crippen molar-refractivity contribution in [2.24, 2.45) is 5.92 Å². The average Bonchev–Trinajstić information content (AvgIpc) is 2.91. The first-order valence-corrected chi connectivity index (χ1v) is 6.85. The van der Waals surface area contributed by atoms with Gasteiger partial charge >= 0.3 is 6.18 Å². The largest absolute Gasteiger partial charge is 0.468 e. The molecular weight excluding hydrogens is 271 g/mol. The summed E-state index contributed by atoms with van der Waals surface area (Å²) in [5, 5.41) is 3.24. The first kappa shape index (κ1) is 15.4. The van der Waals surface area contributed by atoms with Crippen molar-refractivity contribution in [1.29, 1.82) is 0 Å². The van der Waals surface area contributed by atoms with E-state index in [2.05, 4.69) is 5.32 Å². The predicted molar refractivity (Wildman–Crippen MR) is 68.3 cm³/mol. The van der Waals surface area contributed by atoms with Crippen LogP contribution in [0.1, 0.15) is 37.5 Å². The third kappa shape index (κ3) is 3.99. The van der Waals surface area contributed by atoms with Gasteiger partial charge in [-0.25, -0.2) is 0 Å². The van der Waals surface area contributed by atoms with Crippen LogP contribution in [-0.2, 0) is 4.74 Å². The molecule has 1 aliphatic rings. The van der Waals surface area contributed by atoms with Crippen LogP contribution < -0.4 is 5.32 Å². The molecule has 1 heterocycles. The van der Waals surface area contributed by atoms with Gasteiger partial charge in [-0.1, -0.05) is 6.42 Å². The van der Waals surface area contributed by atoms with Crippen molar-refractivity contribution in [3.05, 3.63) is 24.2 Å². The topological polar surface area (TPSA) is 34.4 Å². The van der Waals surface area contributed by atoms with Gasteiger partial charge in [-0.3, -0.25) is 0 Å². The highest BCUT2D eigenvalue weighted by Gasteiger charge is 2.42. The predicted octanol–water partition coefficient (Wildman–Crippen LogP) is 3.68. The van der Waals surface area contributed by atoms with Crippen molar-refractivity contribution in [2.75, 3.05) is 13.7 Å². The standard InChI is InChI=1S/C14H20F3NO2/c1-19-9-12(13-6-3-7-20-13)18-11-5-2-4-10(8-11)14(15,16)17/h3,6-7,10-12,18H,2,4-5,8-9H2,1H3/t10-,11-,12-/m0/s1. The second-order valence-electron chi connectivity index (χ2n) is 5.29. The zero-order valence-electron chi connectivity index (χ0n) is 11.5. The van der Waals surface area contributed by atoms with Crippen LogP contribution >= 0.6 is 0 Å². The Bertz CT molecular complexity index is 392. The molecule has 1 N–H and O–H groups in total. The number of ether oxygens (including phenoxy) is 1. The molecule has 0 amide bonds. The molecule has 0 unspecified atom stereocenters. The van der Waals surface area contributed by atoms with Gasteiger partial charge in [-0.15, -0.1) is 0 Å². The molecule has 1 saturated carbocycles. The Kier molecular flexibility index (Phi) is 5.10. The zero-order valence-corrected chi connectivity index (χ0v) is 11.5. The van der Waals surface area contributed by atoms with Gasteiger partial charge in [0.1, 0.15) is 5.76 Å². The van der Waals surface area contributed by atoms with E-state index in [9.17, 15) is 13.2 Å². The lowest BCUT2D eigenvalue weighted by atomic mass is 9.85. The number of methoxy groups -OCH3 is 1. The molecule has 1 aromatic rings. The zero-order chi connectivity index (χ0) is 14.6. The van der Waals surface area contributed by atoms with Crippen LogP contribution in [0.4, 0.5) is 13.2 Å². The lowest BCUT2D eigenvalue weighted by Gasteiger charge is -2.33. The molecule has 0 aromatic carbocycles. The summed E-state index contributed by atoms with van der Waals surface area (Å²) in [4.78, 5) is 0. The summed E-state index contributed by atoms with van der Waals surface area (Å²) in [5.74, 6) is -0.505. The van der Waals surface area contributed by atoms with Gasteiger partial charge in [0.15, 0.2) is 0 Å². The van der Waals surface area contributed by atoms with Crippen LogP contribution in [-0.4, -0.2) is 25.9 Å². The molecule has 6 heteroatoms. The summed E-state index contributed by atoms with van der Waals surface area (Å²) in [7, 11) is 1.57. The maximum absolute atomic E-state index is 12.8. The Labute approximate surface area is 116 Å². The Morgan fingerprint density at radius 2 is 2.25 bits per heavy atom. The van der Waals surface area contributed by atoms with E-state index in [-0.39, 0.29) is 24.9 Å². The number of alkyl halides is 3. The molecule has 0 radical (unpaired) electrons. The number of hydrogen-bond donors (Lipinski definition) is 1. The van der Waals surface area contributed by atoms with Crippen LogP contribution in [0.5, 0.6) is 0 Å². The second-order valence-corrected chi connectivity index (χ2v) is 5.29. The fraction of sp³-hybridized carbons (Fsp3) is 0.714. The summed E-state index contributed by atoms with van der Waals surface area (Å²) in [6.07, 6.45) is -0.824. The molecule has 1 aliphatic carbocycles. The van der Waals surface area contributed by atoms with Crippen molar-refractivity contribution in [2.45, 2.75) is 43.9 Å². The quantitative estimate of drug-likeness (QED) is 0.898. The molecule has 0 bridgehead atoms. The van der Waals surface area contributed by atoms with Crippen LogP contribution in [0.3, 0.4) is 0 Å². The van der Waals surface area contributed by atoms with Crippen LogP contribution in [0, 0.1) is 5.92 Å². The summed E-state index contributed by atoms with van der Waals surface area (Å²) in [6, 6.07) is 3.22. The number of rotatable bonds is 5. The Morgan fingerprint density at radius 3 is 2.85 bits per heavy atom. The van der Waals surface area contributed by atoms with E-state index in [1.807, 2.05) is 0 Å². The first-order valence-electron chi connectivity index (χ1n) is 6.85. The third-order valence-electron chi connectivity index (χ3n) is 3.79. The van der Waals surface area contributed by atoms with Crippen molar-refractivity contribution in [1.82, 2.24) is 5.32 Å². The van der Waals surface area contributed by atoms with Gasteiger partial charge in [-0.2, -0.15) is 13.2 Å². The van der Waals surface area contributed by atoms with E-state index >= 15 is 0 Å². The highest BCUT2D eigenvalue weighted by Crippen LogP contribution is 2.38. The molecule has 3 atom stereocenters. The Balaban J connectivity index is 1.96. The normalized spacial score (nSPS) is 25.6. The second kappa shape index (κ2) is 6.63. The minimum atomic E-state index is -4.10. The van der Waals surface area contributed by atoms with Gasteiger partial charge in [0.25, 0.3) is 0 Å². The average molecular weight is 291 g/mol. The molecule has 0 spiro atoms. The van der Waals surface area contributed by atoms with Gasteiger partial charge in [0.2, 0.25) is 0 Å². The van der Waals surface area contributed by atoms with E-state index in [0.717, 1.165) is 6.42 Å². The maximum atomic E-state index is 12.8. The number of furan rings is 1. The molecular formula is C14H20F3NO2. The van der Waals surface area contributed by atoms with Crippen LogP contribution in [0.25, 0.3) is 0 Å². The molecule has 3 nitrogen and oxygen atoms in total. The van der Waals surface area contributed by atoms with E-state index in [1.54, 1.807) is 25.5 Å². The highest BCUT2D eigenvalue weighted by atomic mass is 19.4. The minimum absolute atomic E-state index is 0.129. The Hall–Kier alpha value is -1.01. The SMILES string of the molecule is COC[C@H](N[C@H]1CCC[C@H](C(F)(F)F)C1)c1ccco1. The molecule has 114 valence electrons. The summed E-state index contributed by atoms with van der Waals surface area (Å²) in [6.45, 7) is 0.376. The first-order chi connectivity index (χ1) is 9.50. The smallest absolute Gasteiger partial charge is 0.391 e. The van der Waals surface area contributed by atoms with Crippen molar-refractivity contribution in [3.8, 4) is 0 Å². The van der Waals surface area contributed by atoms with Gasteiger partial charge in [0, 0.05) is 13.2 Å². The number of hydrogen-bond acceptors (Lipinski definition) is 3.